The van der Waals surface area contributed by atoms with E-state index in [0.29, 0.717) is 0 Å². The second-order valence-corrected chi connectivity index (χ2v) is 8.35. The van der Waals surface area contributed by atoms with Gasteiger partial charge in [-0.05, 0) is 22.3 Å². The largest absolute Gasteiger partial charge is 0.480 e. The molecule has 0 bridgehead atoms. The van der Waals surface area contributed by atoms with E-state index in [4.69, 9.17) is 4.74 Å². The van der Waals surface area contributed by atoms with E-state index >= 15 is 0 Å². The third kappa shape index (κ3) is 4.84. The molecule has 1 aliphatic carbocycles. The number of rotatable bonds is 7. The number of aliphatic hydroxyl groups excluding tert-OH is 2. The molecule has 4 rings (SSSR count). The van der Waals surface area contributed by atoms with E-state index in [1.54, 1.807) is 0 Å². The van der Waals surface area contributed by atoms with Crippen LogP contribution in [0.15, 0.2) is 48.5 Å². The molecule has 9 heteroatoms. The molecule has 33 heavy (non-hydrogen) atoms. The normalized spacial score (nSPS) is 20.1. The number of hydrogen-bond donors (Lipinski definition) is 4. The molecule has 1 fully saturated rings. The lowest BCUT2D eigenvalue weighted by Gasteiger charge is -2.22. The maximum absolute atomic E-state index is 12.3. The Morgan fingerprint density at radius 2 is 1.67 bits per heavy atom. The van der Waals surface area contributed by atoms with Crippen molar-refractivity contribution in [2.75, 3.05) is 19.7 Å². The lowest BCUT2D eigenvalue weighted by molar-refractivity contribution is -0.149. The highest BCUT2D eigenvalue weighted by Crippen LogP contribution is 2.44. The first kappa shape index (κ1) is 22.8. The zero-order valence-corrected chi connectivity index (χ0v) is 17.9. The van der Waals surface area contributed by atoms with Gasteiger partial charge in [0.1, 0.15) is 12.6 Å². The number of nitrogens with one attached hydrogen (secondary N) is 1. The fourth-order valence-electron chi connectivity index (χ4n) is 4.57. The predicted octanol–water partition coefficient (Wildman–Crippen LogP) is 1.32. The van der Waals surface area contributed by atoms with Crippen molar-refractivity contribution in [3.8, 4) is 11.1 Å². The Morgan fingerprint density at radius 3 is 2.27 bits per heavy atom. The molecule has 1 aliphatic heterocycles. The Balaban J connectivity index is 1.27. The third-order valence-electron chi connectivity index (χ3n) is 6.12. The Bertz CT molecular complexity index is 1010. The van der Waals surface area contributed by atoms with Gasteiger partial charge in [0.25, 0.3) is 0 Å². The van der Waals surface area contributed by atoms with Crippen LogP contribution >= 0.6 is 0 Å². The zero-order chi connectivity index (χ0) is 23.5. The van der Waals surface area contributed by atoms with E-state index in [1.807, 2.05) is 48.5 Å². The molecule has 0 spiro atoms. The van der Waals surface area contributed by atoms with Crippen molar-refractivity contribution in [2.45, 2.75) is 37.0 Å². The molecule has 2 amide bonds. The molecule has 1 saturated heterocycles. The number of benzene rings is 2. The number of fused-ring (bicyclic) bond motifs is 3. The molecule has 2 aromatic rings. The Kier molecular flexibility index (Phi) is 6.62. The summed E-state index contributed by atoms with van der Waals surface area (Å²) in [6.07, 6.45) is -3.27. The van der Waals surface area contributed by atoms with E-state index in [-0.39, 0.29) is 38.5 Å². The van der Waals surface area contributed by atoms with Crippen molar-refractivity contribution in [1.29, 1.82) is 0 Å². The molecule has 174 valence electrons. The van der Waals surface area contributed by atoms with Crippen molar-refractivity contribution in [3.05, 3.63) is 59.7 Å². The first-order chi connectivity index (χ1) is 15.8. The molecule has 2 aliphatic rings. The summed E-state index contributed by atoms with van der Waals surface area (Å²) in [5.41, 5.74) is 4.39. The summed E-state index contributed by atoms with van der Waals surface area (Å²) in [5, 5.41) is 31.4. The number of amides is 2. The number of alkyl carbamates (subject to hydrolysis) is 1. The van der Waals surface area contributed by atoms with Gasteiger partial charge in [-0.3, -0.25) is 4.79 Å². The van der Waals surface area contributed by atoms with Crippen LogP contribution in [0.25, 0.3) is 11.1 Å². The third-order valence-corrected chi connectivity index (χ3v) is 6.12. The smallest absolute Gasteiger partial charge is 0.407 e. The summed E-state index contributed by atoms with van der Waals surface area (Å²) in [5.74, 6) is -1.89. The van der Waals surface area contributed by atoms with Crippen LogP contribution in [0.2, 0.25) is 0 Å². The minimum Gasteiger partial charge on any atom is -0.480 e. The quantitative estimate of drug-likeness (QED) is 0.495. The molecule has 0 saturated carbocycles. The monoisotopic (exact) mass is 454 g/mol. The van der Waals surface area contributed by atoms with E-state index in [1.165, 1.54) is 0 Å². The lowest BCUT2D eigenvalue weighted by Crippen LogP contribution is -2.43. The maximum atomic E-state index is 12.3. The number of carbonyl (C=O) groups excluding carboxylic acids is 2. The summed E-state index contributed by atoms with van der Waals surface area (Å²) in [7, 11) is 0. The van der Waals surface area contributed by atoms with Crippen molar-refractivity contribution < 1.29 is 34.4 Å². The molecule has 1 unspecified atom stereocenters. The van der Waals surface area contributed by atoms with Gasteiger partial charge in [-0.1, -0.05) is 48.5 Å². The minimum absolute atomic E-state index is 0.0465. The number of carboxylic acids is 1. The van der Waals surface area contributed by atoms with Gasteiger partial charge in [-0.2, -0.15) is 0 Å². The van der Waals surface area contributed by atoms with Crippen LogP contribution in [0.1, 0.15) is 29.9 Å². The van der Waals surface area contributed by atoms with Crippen molar-refractivity contribution in [1.82, 2.24) is 10.2 Å². The molecule has 4 N–H and O–H groups in total. The highest BCUT2D eigenvalue weighted by Gasteiger charge is 2.39. The van der Waals surface area contributed by atoms with Gasteiger partial charge < -0.3 is 30.3 Å². The van der Waals surface area contributed by atoms with Crippen LogP contribution < -0.4 is 5.32 Å². The first-order valence-electron chi connectivity index (χ1n) is 10.8. The number of carboxylic acid groups (broad SMARTS) is 1. The summed E-state index contributed by atoms with van der Waals surface area (Å²) >= 11 is 0. The van der Waals surface area contributed by atoms with Gasteiger partial charge in [0.05, 0.1) is 18.6 Å². The highest BCUT2D eigenvalue weighted by molar-refractivity contribution is 5.85. The summed E-state index contributed by atoms with van der Waals surface area (Å²) < 4.78 is 5.39. The maximum Gasteiger partial charge on any atom is 0.407 e. The first-order valence-corrected chi connectivity index (χ1v) is 10.8. The number of ether oxygens (including phenoxy) is 1. The van der Waals surface area contributed by atoms with E-state index in [2.05, 4.69) is 5.32 Å². The van der Waals surface area contributed by atoms with Crippen LogP contribution in [0, 0.1) is 0 Å². The molecule has 2 aromatic carbocycles. The second kappa shape index (κ2) is 9.60. The van der Waals surface area contributed by atoms with E-state index in [0.717, 1.165) is 27.2 Å². The number of likely N-dealkylation sites (tertiary alicyclic amines) is 1. The highest BCUT2D eigenvalue weighted by atomic mass is 16.5. The molecule has 9 nitrogen and oxygen atoms in total. The fourth-order valence-corrected chi connectivity index (χ4v) is 4.57. The number of β-amino-alcohol motifs (C(OH)–C–C–N with tert-alkyl or cyclic N) is 1. The average molecular weight is 454 g/mol. The summed E-state index contributed by atoms with van der Waals surface area (Å²) in [6.45, 7) is -0.195. The summed E-state index contributed by atoms with van der Waals surface area (Å²) in [4.78, 5) is 36.8. The Labute approximate surface area is 190 Å². The van der Waals surface area contributed by atoms with E-state index < -0.39 is 36.2 Å². The fraction of sp³-hybridized carbons (Fsp3) is 0.375. The summed E-state index contributed by atoms with van der Waals surface area (Å²) in [6, 6.07) is 14.8. The number of aliphatic hydroxyl groups is 2. The van der Waals surface area contributed by atoms with Crippen LogP contribution in [0.3, 0.4) is 0 Å². The minimum atomic E-state index is -1.22. The predicted molar refractivity (Wildman–Crippen MR) is 117 cm³/mol. The van der Waals surface area contributed by atoms with Crippen LogP contribution in [0.5, 0.6) is 0 Å². The van der Waals surface area contributed by atoms with Gasteiger partial charge in [0.15, 0.2) is 0 Å². The number of carbonyl (C=O) groups is 3. The van der Waals surface area contributed by atoms with Crippen LogP contribution in [0.4, 0.5) is 4.79 Å². The average Bonchev–Trinajstić information content (AvgIpc) is 3.35. The SMILES string of the molecule is O=C(NCC(O)CC(=O)N1C[C@@H](O)C[C@H]1C(=O)O)OCC1c2ccccc2-c2ccccc21. The molecule has 3 atom stereocenters. The van der Waals surface area contributed by atoms with Gasteiger partial charge in [-0.15, -0.1) is 0 Å². The van der Waals surface area contributed by atoms with Gasteiger partial charge in [0, 0.05) is 25.4 Å². The Hall–Kier alpha value is -3.43. The lowest BCUT2D eigenvalue weighted by atomic mass is 9.98. The van der Waals surface area contributed by atoms with Gasteiger partial charge in [-0.25, -0.2) is 9.59 Å². The number of nitrogens with zero attached hydrogens (tertiary/aromatic N) is 1. The number of hydrogen-bond acceptors (Lipinski definition) is 6. The molecule has 1 heterocycles. The van der Waals surface area contributed by atoms with Crippen LogP contribution in [-0.2, 0) is 14.3 Å². The molecular weight excluding hydrogens is 428 g/mol. The zero-order valence-electron chi connectivity index (χ0n) is 17.9. The number of aliphatic carboxylic acids is 1. The Morgan fingerprint density at radius 1 is 1.06 bits per heavy atom. The topological polar surface area (TPSA) is 136 Å². The van der Waals surface area contributed by atoms with Crippen LogP contribution in [-0.4, -0.2) is 76.1 Å². The molecule has 0 radical (unpaired) electrons. The molecule has 0 aromatic heterocycles. The van der Waals surface area contributed by atoms with E-state index in [9.17, 15) is 29.7 Å². The standard InChI is InChI=1S/C24H26N2O7/c27-14(10-22(29)26-12-15(28)9-21(26)23(30)31)11-25-24(32)33-13-20-18-7-3-1-5-16(18)17-6-2-4-8-19(17)20/h1-8,14-15,20-21,27-28H,9-13H2,(H,25,32)(H,30,31)/t14?,15-,21-/m0/s1. The van der Waals surface area contributed by atoms with Crippen molar-refractivity contribution in [2.24, 2.45) is 0 Å². The van der Waals surface area contributed by atoms with Crippen molar-refractivity contribution >= 4 is 18.0 Å². The van der Waals surface area contributed by atoms with Crippen molar-refractivity contribution in [3.63, 3.8) is 0 Å². The van der Waals surface area contributed by atoms with Gasteiger partial charge >= 0.3 is 12.1 Å². The molecular formula is C24H26N2O7. The van der Waals surface area contributed by atoms with Gasteiger partial charge in [0.2, 0.25) is 5.91 Å². The second-order valence-electron chi connectivity index (χ2n) is 8.35.